The number of carboxylic acids is 5. The summed E-state index contributed by atoms with van der Waals surface area (Å²) in [6, 6.07) is 0. The number of hydrogen-bond donors (Lipinski definition) is 0. The topological polar surface area (TPSA) is 201 Å². The summed E-state index contributed by atoms with van der Waals surface area (Å²) >= 11 is 0. The van der Waals surface area contributed by atoms with E-state index in [-0.39, 0.29) is 55.8 Å². The summed E-state index contributed by atoms with van der Waals surface area (Å²) in [5.41, 5.74) is 0. The summed E-state index contributed by atoms with van der Waals surface area (Å²) in [4.78, 5) is 44.4. The zero-order valence-electron chi connectivity index (χ0n) is 13.1. The molecule has 0 heterocycles. The van der Waals surface area contributed by atoms with Gasteiger partial charge in [0.05, 0.1) is 0 Å². The van der Waals surface area contributed by atoms with Gasteiger partial charge in [-0.05, 0) is 34.6 Å². The molecule has 0 aliphatic rings. The molecule has 0 saturated heterocycles. The average Bonchev–Trinajstić information content (AvgIpc) is 1.94. The van der Waals surface area contributed by atoms with Crippen LogP contribution in [0.2, 0.25) is 0 Å². The molecule has 0 aromatic rings. The summed E-state index contributed by atoms with van der Waals surface area (Å²) < 4.78 is 0. The second kappa shape index (κ2) is 36.9. The molecular formula is C10H15NaO10Zr. The van der Waals surface area contributed by atoms with Gasteiger partial charge in [-0.1, -0.05) is 0 Å². The van der Waals surface area contributed by atoms with E-state index in [4.69, 9.17) is 49.5 Å². The molecule has 0 aliphatic carbocycles. The van der Waals surface area contributed by atoms with Crippen molar-refractivity contribution in [2.45, 2.75) is 34.6 Å². The smallest absolute Gasteiger partial charge is 0.550 e. The van der Waals surface area contributed by atoms with Crippen LogP contribution in [0.5, 0.6) is 0 Å². The third-order valence-corrected chi connectivity index (χ3v) is 0. The second-order valence-corrected chi connectivity index (χ2v) is 2.46. The predicted molar refractivity (Wildman–Crippen MR) is 53.4 cm³/mol. The Bertz CT molecular complexity index is 216. The van der Waals surface area contributed by atoms with Crippen molar-refractivity contribution < 1.29 is 105 Å². The van der Waals surface area contributed by atoms with Crippen LogP contribution in [0.1, 0.15) is 34.6 Å². The zero-order chi connectivity index (χ0) is 17.9. The van der Waals surface area contributed by atoms with Crippen LogP contribution in [0.25, 0.3) is 0 Å². The summed E-state index contributed by atoms with van der Waals surface area (Å²) in [5.74, 6) is -5.42. The molecule has 0 unspecified atom stereocenters. The van der Waals surface area contributed by atoms with E-state index in [9.17, 15) is 0 Å². The summed E-state index contributed by atoms with van der Waals surface area (Å²) in [7, 11) is 0. The van der Waals surface area contributed by atoms with Crippen molar-refractivity contribution in [3.8, 4) is 0 Å². The molecule has 0 aromatic carbocycles. The molecule has 0 fully saturated rings. The molecule has 10 nitrogen and oxygen atoms in total. The van der Waals surface area contributed by atoms with Gasteiger partial charge in [-0.3, -0.25) is 0 Å². The van der Waals surface area contributed by atoms with Gasteiger partial charge in [-0.25, -0.2) is 0 Å². The van der Waals surface area contributed by atoms with Crippen LogP contribution in [0, 0.1) is 0 Å². The van der Waals surface area contributed by atoms with Crippen LogP contribution in [-0.4, -0.2) is 29.8 Å². The van der Waals surface area contributed by atoms with E-state index < -0.39 is 29.8 Å². The van der Waals surface area contributed by atoms with Gasteiger partial charge >= 0.3 is 55.8 Å². The Balaban J connectivity index is -0.0000000250. The molecule has 120 valence electrons. The van der Waals surface area contributed by atoms with Crippen LogP contribution in [0.3, 0.4) is 0 Å². The quantitative estimate of drug-likeness (QED) is 0.346. The van der Waals surface area contributed by atoms with Gasteiger partial charge in [0.1, 0.15) is 0 Å². The Labute approximate surface area is 168 Å². The van der Waals surface area contributed by atoms with Crippen LogP contribution in [0.4, 0.5) is 0 Å². The van der Waals surface area contributed by atoms with Gasteiger partial charge in [0, 0.05) is 29.8 Å². The molecular weight excluding hydrogens is 394 g/mol. The Morgan fingerprint density at radius 2 is 0.455 bits per heavy atom. The molecule has 0 atom stereocenters. The maximum Gasteiger partial charge on any atom is 4.00 e. The molecule has 0 spiro atoms. The van der Waals surface area contributed by atoms with E-state index in [2.05, 4.69) is 0 Å². The second-order valence-electron chi connectivity index (χ2n) is 2.46. The van der Waals surface area contributed by atoms with Crippen LogP contribution >= 0.6 is 0 Å². The third kappa shape index (κ3) is 10900. The maximum atomic E-state index is 8.89. The first-order valence-corrected chi connectivity index (χ1v) is 4.54. The largest absolute Gasteiger partial charge is 4.00 e. The molecule has 0 radical (unpaired) electrons. The Morgan fingerprint density at radius 1 is 0.455 bits per heavy atom. The first-order chi connectivity index (χ1) is 8.66. The zero-order valence-corrected chi connectivity index (χ0v) is 17.5. The molecule has 0 rings (SSSR count). The van der Waals surface area contributed by atoms with Gasteiger partial charge in [-0.2, -0.15) is 0 Å². The van der Waals surface area contributed by atoms with Crippen molar-refractivity contribution in [1.82, 2.24) is 0 Å². The minimum atomic E-state index is -1.08. The molecule has 12 heteroatoms. The first-order valence-electron chi connectivity index (χ1n) is 4.54. The number of hydrogen-bond acceptors (Lipinski definition) is 10. The van der Waals surface area contributed by atoms with Gasteiger partial charge in [-0.15, -0.1) is 0 Å². The van der Waals surface area contributed by atoms with Crippen molar-refractivity contribution in [2.75, 3.05) is 0 Å². The van der Waals surface area contributed by atoms with E-state index in [1.54, 1.807) is 0 Å². The fourth-order valence-electron chi connectivity index (χ4n) is 0. The van der Waals surface area contributed by atoms with Crippen molar-refractivity contribution in [1.29, 1.82) is 0 Å². The normalized spacial score (nSPS) is 5.68. The van der Waals surface area contributed by atoms with E-state index in [0.29, 0.717) is 0 Å². The van der Waals surface area contributed by atoms with E-state index >= 15 is 0 Å². The summed E-state index contributed by atoms with van der Waals surface area (Å²) in [6.07, 6.45) is 0. The van der Waals surface area contributed by atoms with Crippen molar-refractivity contribution in [2.24, 2.45) is 0 Å². The minimum absolute atomic E-state index is 0. The molecule has 0 aromatic heterocycles. The molecule has 0 aliphatic heterocycles. The molecule has 0 saturated carbocycles. The molecule has 0 amide bonds. The Kier molecular flexibility index (Phi) is 72.1. The third-order valence-electron chi connectivity index (χ3n) is 0. The minimum Gasteiger partial charge on any atom is -0.550 e. The van der Waals surface area contributed by atoms with Gasteiger partial charge in [0.2, 0.25) is 0 Å². The van der Waals surface area contributed by atoms with Gasteiger partial charge < -0.3 is 49.5 Å². The van der Waals surface area contributed by atoms with Crippen LogP contribution < -0.4 is 55.1 Å². The van der Waals surface area contributed by atoms with Crippen molar-refractivity contribution >= 4 is 29.8 Å². The molecule has 0 N–H and O–H groups in total. The van der Waals surface area contributed by atoms with E-state index in [0.717, 1.165) is 34.6 Å². The fourth-order valence-corrected chi connectivity index (χ4v) is 0. The van der Waals surface area contributed by atoms with Crippen molar-refractivity contribution in [3.05, 3.63) is 0 Å². The summed E-state index contributed by atoms with van der Waals surface area (Å²) in [5, 5.41) is 44.4. The SMILES string of the molecule is CC(=O)[O-].CC(=O)[O-].CC(=O)[O-].CC(=O)[O-].CC(=O)[O-].[Na+].[Zr+4]. The average molecular weight is 409 g/mol. The van der Waals surface area contributed by atoms with Crippen molar-refractivity contribution in [3.63, 3.8) is 0 Å². The molecule has 22 heavy (non-hydrogen) atoms. The predicted octanol–water partition coefficient (Wildman–Crippen LogP) is -9.22. The number of carbonyl (C=O) groups excluding carboxylic acids is 5. The standard InChI is InChI=1S/5C2H4O2.Na.Zr/c5*1-2(3)4;;/h5*1H3,(H,3,4);;/q;;;;;+1;+4/p-5. The monoisotopic (exact) mass is 408 g/mol. The maximum absolute atomic E-state index is 8.89. The number of carbonyl (C=O) groups is 5. The number of aliphatic carboxylic acids is 5. The number of rotatable bonds is 0. The van der Waals surface area contributed by atoms with Gasteiger partial charge in [0.25, 0.3) is 0 Å². The fraction of sp³-hybridized carbons (Fsp3) is 0.500. The summed E-state index contributed by atoms with van der Waals surface area (Å²) in [6.45, 7) is 4.86. The Morgan fingerprint density at radius 3 is 0.455 bits per heavy atom. The van der Waals surface area contributed by atoms with Crippen LogP contribution in [-0.2, 0) is 50.2 Å². The van der Waals surface area contributed by atoms with E-state index in [1.165, 1.54) is 0 Å². The molecule has 0 bridgehead atoms. The van der Waals surface area contributed by atoms with Crippen LogP contribution in [0.15, 0.2) is 0 Å². The Hall–Kier alpha value is -0.767. The van der Waals surface area contributed by atoms with E-state index in [1.807, 2.05) is 0 Å². The van der Waals surface area contributed by atoms with Gasteiger partial charge in [0.15, 0.2) is 0 Å². The number of carboxylic acid groups (broad SMARTS) is 5. The first kappa shape index (κ1) is 42.9.